The van der Waals surface area contributed by atoms with Crippen LogP contribution in [0.2, 0.25) is 0 Å². The number of rotatable bonds is 0. The summed E-state index contributed by atoms with van der Waals surface area (Å²) in [5.74, 6) is -0.615. The SMILES string of the molecule is BC1c2c(ccc(C)c2F)-c2ccc(C)c(F)c21. The fraction of sp³-hybridized carbons (Fsp3) is 0.200. The van der Waals surface area contributed by atoms with E-state index in [2.05, 4.69) is 0 Å². The highest BCUT2D eigenvalue weighted by Crippen LogP contribution is 2.46. The number of hydrogen-bond donors (Lipinski definition) is 0. The van der Waals surface area contributed by atoms with Gasteiger partial charge in [-0.15, -0.1) is 0 Å². The third-order valence-corrected chi connectivity index (χ3v) is 3.90. The Hall–Kier alpha value is -1.64. The van der Waals surface area contributed by atoms with Crippen LogP contribution in [-0.4, -0.2) is 7.85 Å². The Morgan fingerprint density at radius 2 is 1.22 bits per heavy atom. The average molecular weight is 242 g/mol. The Bertz CT molecular complexity index is 605. The summed E-state index contributed by atoms with van der Waals surface area (Å²) in [6.07, 6.45) is 0. The van der Waals surface area contributed by atoms with Gasteiger partial charge in [-0.05, 0) is 53.0 Å². The van der Waals surface area contributed by atoms with Crippen molar-refractivity contribution in [2.24, 2.45) is 0 Å². The standard InChI is InChI=1S/C15H13BF2/c1-7-3-5-9-10-6-4-8(2)15(18)12(10)13(16)11(9)14(7)17/h3-6,13H,16H2,1-2H3. The van der Waals surface area contributed by atoms with Gasteiger partial charge in [-0.25, -0.2) is 8.78 Å². The van der Waals surface area contributed by atoms with Crippen molar-refractivity contribution in [2.75, 3.05) is 0 Å². The van der Waals surface area contributed by atoms with E-state index in [0.29, 0.717) is 22.3 Å². The van der Waals surface area contributed by atoms with Gasteiger partial charge in [0.2, 0.25) is 0 Å². The highest BCUT2D eigenvalue weighted by Gasteiger charge is 2.31. The van der Waals surface area contributed by atoms with E-state index in [1.165, 1.54) is 0 Å². The molecule has 90 valence electrons. The lowest BCUT2D eigenvalue weighted by molar-refractivity contribution is 0.593. The molecule has 0 unspecified atom stereocenters. The number of hydrogen-bond acceptors (Lipinski definition) is 0. The van der Waals surface area contributed by atoms with E-state index in [4.69, 9.17) is 0 Å². The molecule has 0 aromatic heterocycles. The molecule has 0 atom stereocenters. The summed E-state index contributed by atoms with van der Waals surface area (Å²) >= 11 is 0. The highest BCUT2D eigenvalue weighted by atomic mass is 19.1. The van der Waals surface area contributed by atoms with Crippen LogP contribution in [0, 0.1) is 25.5 Å². The van der Waals surface area contributed by atoms with E-state index in [1.807, 2.05) is 20.0 Å². The molecule has 0 nitrogen and oxygen atoms in total. The second-order valence-electron chi connectivity index (χ2n) is 5.04. The molecule has 0 bridgehead atoms. The topological polar surface area (TPSA) is 0 Å². The average Bonchev–Trinajstić information content (AvgIpc) is 2.63. The van der Waals surface area contributed by atoms with Crippen LogP contribution in [0.4, 0.5) is 8.78 Å². The molecular formula is C15H13BF2. The minimum atomic E-state index is -0.213. The second-order valence-corrected chi connectivity index (χ2v) is 5.04. The van der Waals surface area contributed by atoms with Gasteiger partial charge in [0.1, 0.15) is 19.5 Å². The van der Waals surface area contributed by atoms with Crippen LogP contribution in [-0.2, 0) is 0 Å². The van der Waals surface area contributed by atoms with Crippen molar-refractivity contribution >= 4 is 7.85 Å². The van der Waals surface area contributed by atoms with E-state index in [0.717, 1.165) is 11.1 Å². The van der Waals surface area contributed by atoms with Gasteiger partial charge in [-0.3, -0.25) is 0 Å². The molecule has 0 saturated heterocycles. The third kappa shape index (κ3) is 1.30. The summed E-state index contributed by atoms with van der Waals surface area (Å²) in [5, 5.41) is 0. The first-order valence-electron chi connectivity index (χ1n) is 6.10. The van der Waals surface area contributed by atoms with Crippen LogP contribution >= 0.6 is 0 Å². The van der Waals surface area contributed by atoms with Crippen molar-refractivity contribution in [2.45, 2.75) is 19.7 Å². The first kappa shape index (κ1) is 11.5. The molecular weight excluding hydrogens is 229 g/mol. The van der Waals surface area contributed by atoms with E-state index in [9.17, 15) is 8.78 Å². The van der Waals surface area contributed by atoms with Crippen LogP contribution < -0.4 is 0 Å². The molecule has 18 heavy (non-hydrogen) atoms. The summed E-state index contributed by atoms with van der Waals surface area (Å²) in [6.45, 7) is 3.49. The third-order valence-electron chi connectivity index (χ3n) is 3.90. The van der Waals surface area contributed by atoms with E-state index in [-0.39, 0.29) is 17.5 Å². The predicted molar refractivity (Wildman–Crippen MR) is 71.7 cm³/mol. The lowest BCUT2D eigenvalue weighted by Crippen LogP contribution is -2.02. The largest absolute Gasteiger partial charge is 0.206 e. The van der Waals surface area contributed by atoms with Gasteiger partial charge in [0.25, 0.3) is 0 Å². The Kier molecular flexibility index (Phi) is 2.34. The Morgan fingerprint density at radius 1 is 0.833 bits per heavy atom. The molecule has 2 aromatic carbocycles. The zero-order chi connectivity index (χ0) is 13.0. The molecule has 0 heterocycles. The fourth-order valence-electron chi connectivity index (χ4n) is 2.86. The molecule has 0 radical (unpaired) electrons. The summed E-state index contributed by atoms with van der Waals surface area (Å²) in [4.78, 5) is 0. The Balaban J connectivity index is 2.38. The number of aryl methyl sites for hydroxylation is 2. The second kappa shape index (κ2) is 3.68. The van der Waals surface area contributed by atoms with Crippen LogP contribution in [0.15, 0.2) is 24.3 Å². The van der Waals surface area contributed by atoms with E-state index >= 15 is 0 Å². The first-order valence-corrected chi connectivity index (χ1v) is 6.10. The van der Waals surface area contributed by atoms with Crippen molar-refractivity contribution in [3.63, 3.8) is 0 Å². The van der Waals surface area contributed by atoms with Gasteiger partial charge in [-0.1, -0.05) is 24.3 Å². The molecule has 1 aliphatic rings. The minimum absolute atomic E-state index is 0.201. The molecule has 2 aromatic rings. The zero-order valence-electron chi connectivity index (χ0n) is 10.6. The molecule has 0 aliphatic heterocycles. The van der Waals surface area contributed by atoms with Crippen molar-refractivity contribution < 1.29 is 8.78 Å². The van der Waals surface area contributed by atoms with Gasteiger partial charge in [0.05, 0.1) is 0 Å². The van der Waals surface area contributed by atoms with E-state index in [1.54, 1.807) is 26.0 Å². The van der Waals surface area contributed by atoms with Crippen molar-refractivity contribution in [1.82, 2.24) is 0 Å². The number of halogens is 2. The number of benzene rings is 2. The monoisotopic (exact) mass is 242 g/mol. The maximum atomic E-state index is 14.2. The molecule has 1 aliphatic carbocycles. The fourth-order valence-corrected chi connectivity index (χ4v) is 2.86. The zero-order valence-corrected chi connectivity index (χ0v) is 10.6. The van der Waals surface area contributed by atoms with Gasteiger partial charge in [0.15, 0.2) is 0 Å². The first-order chi connectivity index (χ1) is 8.52. The van der Waals surface area contributed by atoms with Crippen LogP contribution in [0.25, 0.3) is 11.1 Å². The lowest BCUT2D eigenvalue weighted by Gasteiger charge is -2.10. The van der Waals surface area contributed by atoms with Gasteiger partial charge in [-0.2, -0.15) is 0 Å². The molecule has 0 N–H and O–H groups in total. The quantitative estimate of drug-likeness (QED) is 0.622. The normalized spacial score (nSPS) is 13.6. The van der Waals surface area contributed by atoms with Gasteiger partial charge in [0, 0.05) is 0 Å². The van der Waals surface area contributed by atoms with E-state index < -0.39 is 0 Å². The lowest BCUT2D eigenvalue weighted by atomic mass is 9.78. The van der Waals surface area contributed by atoms with Gasteiger partial charge < -0.3 is 0 Å². The Labute approximate surface area is 106 Å². The highest BCUT2D eigenvalue weighted by molar-refractivity contribution is 6.17. The summed E-state index contributed by atoms with van der Waals surface area (Å²) < 4.78 is 28.5. The maximum Gasteiger partial charge on any atom is 0.129 e. The van der Waals surface area contributed by atoms with Crippen molar-refractivity contribution in [1.29, 1.82) is 0 Å². The summed E-state index contributed by atoms with van der Waals surface area (Å²) in [6, 6.07) is 7.30. The summed E-state index contributed by atoms with van der Waals surface area (Å²) in [7, 11) is 1.87. The smallest absolute Gasteiger partial charge is 0.129 e. The molecule has 3 heteroatoms. The van der Waals surface area contributed by atoms with Crippen LogP contribution in [0.5, 0.6) is 0 Å². The predicted octanol–water partition coefficient (Wildman–Crippen LogP) is 3.28. The maximum absolute atomic E-state index is 14.2. The van der Waals surface area contributed by atoms with Crippen LogP contribution in [0.1, 0.15) is 28.1 Å². The number of fused-ring (bicyclic) bond motifs is 3. The van der Waals surface area contributed by atoms with Gasteiger partial charge >= 0.3 is 0 Å². The minimum Gasteiger partial charge on any atom is -0.206 e. The molecule has 0 fully saturated rings. The molecule has 0 amide bonds. The molecule has 3 rings (SSSR count). The Morgan fingerprint density at radius 3 is 1.61 bits per heavy atom. The summed E-state index contributed by atoms with van der Waals surface area (Å²) in [5.41, 5.74) is 4.17. The van der Waals surface area contributed by atoms with Crippen molar-refractivity contribution in [3.8, 4) is 11.1 Å². The van der Waals surface area contributed by atoms with Crippen LogP contribution in [0.3, 0.4) is 0 Å². The molecule has 0 spiro atoms. The molecule has 0 saturated carbocycles. The van der Waals surface area contributed by atoms with Crippen molar-refractivity contribution in [3.05, 3.63) is 58.2 Å².